The number of amides is 4. The van der Waals surface area contributed by atoms with E-state index in [9.17, 15) is 14.4 Å². The van der Waals surface area contributed by atoms with Gasteiger partial charge in [-0.25, -0.2) is 4.79 Å². The minimum absolute atomic E-state index is 0.210. The van der Waals surface area contributed by atoms with Crippen LogP contribution in [-0.4, -0.2) is 23.9 Å². The minimum atomic E-state index is -1.53. The van der Waals surface area contributed by atoms with E-state index in [0.29, 0.717) is 11.4 Å². The van der Waals surface area contributed by atoms with Crippen molar-refractivity contribution >= 4 is 29.4 Å². The van der Waals surface area contributed by atoms with Gasteiger partial charge in [-0.2, -0.15) is 0 Å². The maximum Gasteiger partial charge on any atom is 0.316 e. The molecule has 112 valence electrons. The zero-order chi connectivity index (χ0) is 15.6. The molecule has 21 heavy (non-hydrogen) atoms. The van der Waals surface area contributed by atoms with E-state index in [1.165, 1.54) is 0 Å². The van der Waals surface area contributed by atoms with Crippen LogP contribution in [0.5, 0.6) is 0 Å². The summed E-state index contributed by atoms with van der Waals surface area (Å²) in [6, 6.07) is 3.02. The van der Waals surface area contributed by atoms with Crippen molar-refractivity contribution in [3.05, 3.63) is 34.3 Å². The third kappa shape index (κ3) is 3.43. The Morgan fingerprint density at radius 3 is 2.52 bits per heavy atom. The van der Waals surface area contributed by atoms with Crippen molar-refractivity contribution in [2.24, 2.45) is 11.5 Å². The van der Waals surface area contributed by atoms with E-state index in [-0.39, 0.29) is 6.04 Å². The number of primary amides is 2. The highest BCUT2D eigenvalue weighted by Crippen LogP contribution is 2.32. The molecule has 1 aliphatic rings. The summed E-state index contributed by atoms with van der Waals surface area (Å²) in [5.41, 5.74) is 12.0. The summed E-state index contributed by atoms with van der Waals surface area (Å²) < 4.78 is 0. The lowest BCUT2D eigenvalue weighted by molar-refractivity contribution is -0.128. The molecule has 0 heterocycles. The van der Waals surface area contributed by atoms with Crippen LogP contribution in [0.15, 0.2) is 18.2 Å². The van der Waals surface area contributed by atoms with E-state index in [0.717, 1.165) is 17.5 Å². The Kier molecular flexibility index (Phi) is 4.32. The lowest BCUT2D eigenvalue weighted by Gasteiger charge is -2.17. The Labute approximate surface area is 126 Å². The third-order valence-electron chi connectivity index (χ3n) is 3.33. The van der Waals surface area contributed by atoms with Crippen LogP contribution in [0, 0.1) is 0 Å². The fourth-order valence-electron chi connectivity index (χ4n) is 2.35. The van der Waals surface area contributed by atoms with Gasteiger partial charge in [-0.15, -0.1) is 0 Å². The van der Waals surface area contributed by atoms with Gasteiger partial charge in [0.1, 0.15) is 0 Å². The normalized spacial score (nSPS) is 16.4. The zero-order valence-electron chi connectivity index (χ0n) is 11.1. The minimum Gasteiger partial charge on any atom is -0.367 e. The molecule has 6 N–H and O–H groups in total. The van der Waals surface area contributed by atoms with Gasteiger partial charge in [0.2, 0.25) is 11.8 Å². The molecule has 0 saturated carbocycles. The second kappa shape index (κ2) is 6.01. The highest BCUT2D eigenvalue weighted by atomic mass is 35.5. The summed E-state index contributed by atoms with van der Waals surface area (Å²) in [5, 5.41) is 5.49. The van der Waals surface area contributed by atoms with Gasteiger partial charge in [0.05, 0.1) is 6.04 Å². The van der Waals surface area contributed by atoms with Crippen molar-refractivity contribution in [1.29, 1.82) is 0 Å². The fourth-order valence-corrected chi connectivity index (χ4v) is 2.54. The zero-order valence-corrected chi connectivity index (χ0v) is 11.8. The van der Waals surface area contributed by atoms with Gasteiger partial charge >= 0.3 is 6.03 Å². The monoisotopic (exact) mass is 310 g/mol. The summed E-state index contributed by atoms with van der Waals surface area (Å²) in [5.74, 6) is -2.01. The van der Waals surface area contributed by atoms with Crippen LogP contribution in [0.25, 0.3) is 0 Å². The SMILES string of the molecule is NC(=O)C(NC(=O)N[C@@H]1CCc2cc(Cl)ccc21)C(N)=O. The summed E-state index contributed by atoms with van der Waals surface area (Å²) in [6.07, 6.45) is 1.50. The van der Waals surface area contributed by atoms with Gasteiger partial charge < -0.3 is 22.1 Å². The second-order valence-electron chi connectivity index (χ2n) is 4.79. The molecule has 4 amide bonds. The Bertz CT molecular complexity index is 591. The predicted octanol–water partition coefficient (Wildman–Crippen LogP) is -0.0343. The molecular formula is C13H15ClN4O3. The molecule has 1 aromatic rings. The van der Waals surface area contributed by atoms with Gasteiger partial charge in [0, 0.05) is 5.02 Å². The van der Waals surface area contributed by atoms with Crippen LogP contribution in [0.1, 0.15) is 23.6 Å². The van der Waals surface area contributed by atoms with Gasteiger partial charge in [-0.05, 0) is 36.1 Å². The highest BCUT2D eigenvalue weighted by molar-refractivity contribution is 6.30. The van der Waals surface area contributed by atoms with Crippen molar-refractivity contribution in [3.63, 3.8) is 0 Å². The summed E-state index contributed by atoms with van der Waals surface area (Å²) >= 11 is 5.91. The van der Waals surface area contributed by atoms with Crippen molar-refractivity contribution in [2.45, 2.75) is 24.9 Å². The van der Waals surface area contributed by atoms with E-state index < -0.39 is 23.9 Å². The molecule has 0 aliphatic heterocycles. The molecule has 0 radical (unpaired) electrons. The van der Waals surface area contributed by atoms with Crippen LogP contribution in [0.3, 0.4) is 0 Å². The molecule has 0 aromatic heterocycles. The quantitative estimate of drug-likeness (QED) is 0.583. The summed E-state index contributed by atoms with van der Waals surface area (Å²) in [6.45, 7) is 0. The molecule has 0 bridgehead atoms. The molecule has 1 atom stereocenters. The van der Waals surface area contributed by atoms with E-state index in [1.54, 1.807) is 6.07 Å². The Morgan fingerprint density at radius 2 is 1.90 bits per heavy atom. The molecule has 2 rings (SSSR count). The maximum absolute atomic E-state index is 11.8. The lowest BCUT2D eigenvalue weighted by Crippen LogP contribution is -2.55. The number of carbonyl (C=O) groups is 3. The number of nitrogens with one attached hydrogen (secondary N) is 2. The largest absolute Gasteiger partial charge is 0.367 e. The van der Waals surface area contributed by atoms with Crippen LogP contribution in [-0.2, 0) is 16.0 Å². The van der Waals surface area contributed by atoms with E-state index in [4.69, 9.17) is 23.1 Å². The predicted molar refractivity (Wildman–Crippen MR) is 76.4 cm³/mol. The van der Waals surface area contributed by atoms with Crippen molar-refractivity contribution in [3.8, 4) is 0 Å². The smallest absolute Gasteiger partial charge is 0.316 e. The topological polar surface area (TPSA) is 127 Å². The van der Waals surface area contributed by atoms with Crippen molar-refractivity contribution in [2.75, 3.05) is 0 Å². The number of nitrogens with two attached hydrogens (primary N) is 2. The first-order chi connectivity index (χ1) is 9.88. The van der Waals surface area contributed by atoms with E-state index >= 15 is 0 Å². The number of halogens is 1. The van der Waals surface area contributed by atoms with Gasteiger partial charge in [0.25, 0.3) is 0 Å². The van der Waals surface area contributed by atoms with Gasteiger partial charge in [-0.3, -0.25) is 9.59 Å². The van der Waals surface area contributed by atoms with E-state index in [2.05, 4.69) is 10.6 Å². The average Bonchev–Trinajstić information content (AvgIpc) is 2.77. The standard InChI is InChI=1S/C13H15ClN4O3/c14-7-2-3-8-6(5-7)1-4-9(8)17-13(21)18-10(11(15)19)12(16)20/h2-3,5,9-10H,1,4H2,(H2,15,19)(H2,16,20)(H2,17,18,21)/t9-/m1/s1. The molecule has 7 nitrogen and oxygen atoms in total. The number of fused-ring (bicyclic) bond motifs is 1. The van der Waals surface area contributed by atoms with Gasteiger partial charge in [-0.1, -0.05) is 17.7 Å². The average molecular weight is 311 g/mol. The summed E-state index contributed by atoms with van der Waals surface area (Å²) in [7, 11) is 0. The Hall–Kier alpha value is -2.28. The van der Waals surface area contributed by atoms with Crippen LogP contribution in [0.4, 0.5) is 4.79 Å². The number of urea groups is 1. The first kappa shape index (κ1) is 15.1. The first-order valence-electron chi connectivity index (χ1n) is 6.32. The van der Waals surface area contributed by atoms with Crippen molar-refractivity contribution in [1.82, 2.24) is 10.6 Å². The fraction of sp³-hybridized carbons (Fsp3) is 0.308. The highest BCUT2D eigenvalue weighted by Gasteiger charge is 2.27. The summed E-state index contributed by atoms with van der Waals surface area (Å²) in [4.78, 5) is 33.9. The van der Waals surface area contributed by atoms with Crippen LogP contribution in [0.2, 0.25) is 5.02 Å². The lowest BCUT2D eigenvalue weighted by atomic mass is 10.1. The number of benzene rings is 1. The molecule has 0 fully saturated rings. The Morgan fingerprint density at radius 1 is 1.24 bits per heavy atom. The molecule has 1 aromatic carbocycles. The van der Waals surface area contributed by atoms with Crippen molar-refractivity contribution < 1.29 is 14.4 Å². The third-order valence-corrected chi connectivity index (χ3v) is 3.57. The van der Waals surface area contributed by atoms with Gasteiger partial charge in [0.15, 0.2) is 6.04 Å². The molecular weight excluding hydrogens is 296 g/mol. The molecule has 0 spiro atoms. The van der Waals surface area contributed by atoms with E-state index in [1.807, 2.05) is 12.1 Å². The number of hydrogen-bond donors (Lipinski definition) is 4. The number of carbonyl (C=O) groups excluding carboxylic acids is 3. The molecule has 8 heteroatoms. The second-order valence-corrected chi connectivity index (χ2v) is 5.23. The molecule has 0 unspecified atom stereocenters. The number of hydrogen-bond acceptors (Lipinski definition) is 3. The number of rotatable bonds is 4. The molecule has 1 aliphatic carbocycles. The Balaban J connectivity index is 2.02. The number of aryl methyl sites for hydroxylation is 1. The first-order valence-corrected chi connectivity index (χ1v) is 6.70. The maximum atomic E-state index is 11.8. The molecule has 0 saturated heterocycles. The van der Waals surface area contributed by atoms with Crippen LogP contribution >= 0.6 is 11.6 Å². The van der Waals surface area contributed by atoms with Crippen LogP contribution < -0.4 is 22.1 Å².